The first kappa shape index (κ1) is 20.1. The van der Waals surface area contributed by atoms with Crippen LogP contribution in [0.3, 0.4) is 0 Å². The molecule has 0 saturated carbocycles. The maximum Gasteiger partial charge on any atom is 0.417 e. The maximum atomic E-state index is 12.9. The molecule has 0 atom stereocenters. The Hall–Kier alpha value is -4.22. The summed E-state index contributed by atoms with van der Waals surface area (Å²) in [7, 11) is 0. The third kappa shape index (κ3) is 4.08. The SMILES string of the molecule is Nc1cnc(Oc2ccc(N3C(=O)CN(c4cncc(C(F)(F)F)c4)C3=O)cc2)cn1. The summed E-state index contributed by atoms with van der Waals surface area (Å²) in [5.41, 5.74) is 4.54. The highest BCUT2D eigenvalue weighted by molar-refractivity contribution is 6.26. The zero-order chi connectivity index (χ0) is 22.2. The summed E-state index contributed by atoms with van der Waals surface area (Å²) in [5.74, 6) is 0.189. The van der Waals surface area contributed by atoms with Crippen molar-refractivity contribution in [3.63, 3.8) is 0 Å². The Labute approximate surface area is 172 Å². The summed E-state index contributed by atoms with van der Waals surface area (Å²) in [6.07, 6.45) is -0.233. The molecule has 1 fully saturated rings. The molecular weight excluding hydrogens is 417 g/mol. The first-order chi connectivity index (χ1) is 14.7. The normalized spacial score (nSPS) is 14.3. The fraction of sp³-hybridized carbons (Fsp3) is 0.105. The number of benzene rings is 1. The number of carbonyl (C=O) groups is 2. The number of imide groups is 1. The van der Waals surface area contributed by atoms with E-state index in [0.29, 0.717) is 11.9 Å². The summed E-state index contributed by atoms with van der Waals surface area (Å²) >= 11 is 0. The summed E-state index contributed by atoms with van der Waals surface area (Å²) in [4.78, 5) is 38.3. The van der Waals surface area contributed by atoms with E-state index in [1.165, 1.54) is 36.7 Å². The van der Waals surface area contributed by atoms with Gasteiger partial charge in [-0.3, -0.25) is 14.7 Å². The number of pyridine rings is 1. The van der Waals surface area contributed by atoms with E-state index in [0.717, 1.165) is 22.1 Å². The minimum atomic E-state index is -4.62. The molecule has 1 aromatic carbocycles. The van der Waals surface area contributed by atoms with Gasteiger partial charge in [0.2, 0.25) is 5.88 Å². The second-order valence-electron chi connectivity index (χ2n) is 6.40. The van der Waals surface area contributed by atoms with Crippen LogP contribution < -0.4 is 20.3 Å². The van der Waals surface area contributed by atoms with Crippen molar-refractivity contribution in [1.29, 1.82) is 0 Å². The van der Waals surface area contributed by atoms with Gasteiger partial charge < -0.3 is 10.5 Å². The zero-order valence-corrected chi connectivity index (χ0v) is 15.6. The molecule has 158 valence electrons. The number of carbonyl (C=O) groups excluding carboxylic acids is 2. The highest BCUT2D eigenvalue weighted by Crippen LogP contribution is 2.33. The molecule has 9 nitrogen and oxygen atoms in total. The summed E-state index contributed by atoms with van der Waals surface area (Å²) in [6, 6.07) is 5.91. The molecule has 0 aliphatic carbocycles. The molecular formula is C19H13F3N6O3. The topological polar surface area (TPSA) is 115 Å². The molecule has 0 radical (unpaired) electrons. The molecule has 1 aliphatic rings. The Morgan fingerprint density at radius 2 is 1.71 bits per heavy atom. The predicted molar refractivity (Wildman–Crippen MR) is 102 cm³/mol. The number of hydrogen-bond acceptors (Lipinski definition) is 7. The third-order valence-electron chi connectivity index (χ3n) is 4.29. The molecule has 12 heteroatoms. The quantitative estimate of drug-likeness (QED) is 0.632. The average Bonchev–Trinajstić information content (AvgIpc) is 3.04. The second kappa shape index (κ2) is 7.55. The molecule has 1 aliphatic heterocycles. The molecule has 2 N–H and O–H groups in total. The van der Waals surface area contributed by atoms with Crippen LogP contribution in [0.4, 0.5) is 35.2 Å². The second-order valence-corrected chi connectivity index (χ2v) is 6.40. The Morgan fingerprint density at radius 1 is 0.968 bits per heavy atom. The number of urea groups is 1. The molecule has 0 unspecified atom stereocenters. The number of rotatable bonds is 4. The van der Waals surface area contributed by atoms with Crippen molar-refractivity contribution < 1.29 is 27.5 Å². The van der Waals surface area contributed by atoms with Gasteiger partial charge in [0, 0.05) is 6.20 Å². The lowest BCUT2D eigenvalue weighted by Gasteiger charge is -2.18. The van der Waals surface area contributed by atoms with Gasteiger partial charge in [-0.25, -0.2) is 19.7 Å². The van der Waals surface area contributed by atoms with E-state index in [4.69, 9.17) is 10.5 Å². The largest absolute Gasteiger partial charge is 0.438 e. The van der Waals surface area contributed by atoms with Gasteiger partial charge >= 0.3 is 12.2 Å². The van der Waals surface area contributed by atoms with Gasteiger partial charge in [-0.2, -0.15) is 13.2 Å². The Balaban J connectivity index is 1.53. The number of nitrogens with two attached hydrogens (primary N) is 1. The van der Waals surface area contributed by atoms with Crippen LogP contribution in [0.25, 0.3) is 0 Å². The van der Waals surface area contributed by atoms with Gasteiger partial charge in [-0.05, 0) is 30.3 Å². The molecule has 2 aromatic heterocycles. The molecule has 3 amide bonds. The first-order valence-electron chi connectivity index (χ1n) is 8.74. The number of halogens is 3. The number of alkyl halides is 3. The van der Waals surface area contributed by atoms with Gasteiger partial charge in [-0.1, -0.05) is 0 Å². The van der Waals surface area contributed by atoms with Crippen molar-refractivity contribution in [2.75, 3.05) is 22.1 Å². The van der Waals surface area contributed by atoms with E-state index in [-0.39, 0.29) is 23.1 Å². The maximum absolute atomic E-state index is 12.9. The van der Waals surface area contributed by atoms with Crippen LogP contribution in [0.2, 0.25) is 0 Å². The number of nitrogens with zero attached hydrogens (tertiary/aromatic N) is 5. The lowest BCUT2D eigenvalue weighted by atomic mass is 10.2. The monoisotopic (exact) mass is 430 g/mol. The van der Waals surface area contributed by atoms with Crippen LogP contribution in [0.15, 0.2) is 55.1 Å². The highest BCUT2D eigenvalue weighted by Gasteiger charge is 2.39. The highest BCUT2D eigenvalue weighted by atomic mass is 19.4. The molecule has 1 saturated heterocycles. The van der Waals surface area contributed by atoms with Crippen LogP contribution in [0, 0.1) is 0 Å². The molecule has 3 aromatic rings. The van der Waals surface area contributed by atoms with Gasteiger partial charge in [0.25, 0.3) is 5.91 Å². The van der Waals surface area contributed by atoms with Crippen molar-refractivity contribution in [2.24, 2.45) is 0 Å². The lowest BCUT2D eigenvalue weighted by molar-refractivity contribution is -0.137. The van der Waals surface area contributed by atoms with Gasteiger partial charge in [0.1, 0.15) is 18.1 Å². The van der Waals surface area contributed by atoms with Gasteiger partial charge in [0.15, 0.2) is 0 Å². The fourth-order valence-electron chi connectivity index (χ4n) is 2.85. The van der Waals surface area contributed by atoms with Crippen molar-refractivity contribution in [1.82, 2.24) is 15.0 Å². The number of nitrogen functional groups attached to an aromatic ring is 1. The van der Waals surface area contributed by atoms with Crippen molar-refractivity contribution in [2.45, 2.75) is 6.18 Å². The number of anilines is 3. The standard InChI is InChI=1S/C19H13F3N6O3/c20-19(21,22)11-5-13(7-24-6-11)27-10-17(29)28(18(27)30)12-1-3-14(4-2-12)31-16-9-25-15(23)8-26-16/h1-9H,10H2,(H2,23,25). The smallest absolute Gasteiger partial charge is 0.417 e. The van der Waals surface area contributed by atoms with E-state index >= 15 is 0 Å². The van der Waals surface area contributed by atoms with Gasteiger partial charge in [0.05, 0.1) is 35.5 Å². The van der Waals surface area contributed by atoms with Crippen LogP contribution in [-0.2, 0) is 11.0 Å². The molecule has 4 rings (SSSR count). The van der Waals surface area contributed by atoms with E-state index in [2.05, 4.69) is 15.0 Å². The van der Waals surface area contributed by atoms with Crippen LogP contribution >= 0.6 is 0 Å². The van der Waals surface area contributed by atoms with E-state index < -0.39 is 30.2 Å². The first-order valence-corrected chi connectivity index (χ1v) is 8.74. The Bertz CT molecular complexity index is 1140. The Morgan fingerprint density at radius 3 is 2.35 bits per heavy atom. The third-order valence-corrected chi connectivity index (χ3v) is 4.29. The summed E-state index contributed by atoms with van der Waals surface area (Å²) in [6.45, 7) is -0.416. The molecule has 0 bridgehead atoms. The zero-order valence-electron chi connectivity index (χ0n) is 15.6. The minimum absolute atomic E-state index is 0.127. The van der Waals surface area contributed by atoms with Crippen LogP contribution in [0.5, 0.6) is 11.6 Å². The lowest BCUT2D eigenvalue weighted by Crippen LogP contribution is -2.33. The minimum Gasteiger partial charge on any atom is -0.438 e. The molecule has 0 spiro atoms. The average molecular weight is 430 g/mol. The summed E-state index contributed by atoms with van der Waals surface area (Å²) < 4.78 is 44.3. The van der Waals surface area contributed by atoms with Crippen molar-refractivity contribution >= 4 is 29.1 Å². The number of amides is 3. The van der Waals surface area contributed by atoms with Crippen LogP contribution in [0.1, 0.15) is 5.56 Å². The number of hydrogen-bond donors (Lipinski definition) is 1. The van der Waals surface area contributed by atoms with Crippen molar-refractivity contribution in [3.05, 3.63) is 60.7 Å². The number of ether oxygens (including phenoxy) is 1. The van der Waals surface area contributed by atoms with E-state index in [1.54, 1.807) is 0 Å². The number of aromatic nitrogens is 3. The Kier molecular flexibility index (Phi) is 4.89. The van der Waals surface area contributed by atoms with Crippen LogP contribution in [-0.4, -0.2) is 33.4 Å². The molecule has 3 heterocycles. The van der Waals surface area contributed by atoms with E-state index in [9.17, 15) is 22.8 Å². The van der Waals surface area contributed by atoms with E-state index in [1.807, 2.05) is 0 Å². The van der Waals surface area contributed by atoms with Gasteiger partial charge in [-0.15, -0.1) is 0 Å². The molecule has 31 heavy (non-hydrogen) atoms. The van der Waals surface area contributed by atoms with Crippen molar-refractivity contribution in [3.8, 4) is 11.6 Å². The summed E-state index contributed by atoms with van der Waals surface area (Å²) in [5, 5.41) is 0. The fourth-order valence-corrected chi connectivity index (χ4v) is 2.85. The predicted octanol–water partition coefficient (Wildman–Crippen LogP) is 3.24.